The van der Waals surface area contributed by atoms with Crippen LogP contribution in [0.15, 0.2) is 48.5 Å². The van der Waals surface area contributed by atoms with Crippen LogP contribution < -0.4 is 5.73 Å². The van der Waals surface area contributed by atoms with Crippen LogP contribution in [0.4, 0.5) is 0 Å². The molecule has 116 valence electrons. The Morgan fingerprint density at radius 2 is 1.57 bits per heavy atom. The van der Waals surface area contributed by atoms with Crippen molar-refractivity contribution >= 4 is 0 Å². The average molecular weight is 287 g/mol. The second kappa shape index (κ2) is 11.1. The van der Waals surface area contributed by atoms with Gasteiger partial charge in [0.05, 0.1) is 6.10 Å². The van der Waals surface area contributed by atoms with Gasteiger partial charge < -0.3 is 10.8 Å². The van der Waals surface area contributed by atoms with E-state index in [4.69, 9.17) is 5.73 Å². The van der Waals surface area contributed by atoms with Gasteiger partial charge in [-0.25, -0.2) is 0 Å². The molecule has 0 saturated carbocycles. The molecule has 2 rings (SSSR count). The number of rotatable bonds is 3. The van der Waals surface area contributed by atoms with E-state index < -0.39 is 6.10 Å². The molecule has 0 bridgehead atoms. The van der Waals surface area contributed by atoms with Crippen LogP contribution in [0.25, 0.3) is 11.1 Å². The molecular weight excluding hydrogens is 258 g/mol. The lowest BCUT2D eigenvalue weighted by atomic mass is 9.95. The molecule has 0 radical (unpaired) electrons. The Bertz CT molecular complexity index is 508. The average Bonchev–Trinajstić information content (AvgIpc) is 2.58. The van der Waals surface area contributed by atoms with E-state index in [1.165, 1.54) is 5.56 Å². The van der Waals surface area contributed by atoms with Crippen LogP contribution in [-0.2, 0) is 0 Å². The summed E-state index contributed by atoms with van der Waals surface area (Å²) in [6.45, 7) is 10.3. The van der Waals surface area contributed by atoms with E-state index in [9.17, 15) is 5.11 Å². The SMILES string of the molecule is CC.CC.Cc1cccc(-c2ccccc2C(O)CN)c1. The maximum atomic E-state index is 9.92. The highest BCUT2D eigenvalue weighted by atomic mass is 16.3. The number of nitrogens with two attached hydrogens (primary N) is 1. The Labute approximate surface area is 129 Å². The molecule has 2 aromatic carbocycles. The number of aliphatic hydroxyl groups is 1. The molecule has 3 N–H and O–H groups in total. The van der Waals surface area contributed by atoms with Crippen LogP contribution in [0.2, 0.25) is 0 Å². The van der Waals surface area contributed by atoms with Crippen LogP contribution in [0.3, 0.4) is 0 Å². The van der Waals surface area contributed by atoms with Crippen LogP contribution in [0.5, 0.6) is 0 Å². The molecule has 0 amide bonds. The number of hydrogen-bond donors (Lipinski definition) is 2. The lowest BCUT2D eigenvalue weighted by Gasteiger charge is -2.14. The summed E-state index contributed by atoms with van der Waals surface area (Å²) < 4.78 is 0. The molecule has 1 unspecified atom stereocenters. The Morgan fingerprint density at radius 3 is 2.14 bits per heavy atom. The van der Waals surface area contributed by atoms with Gasteiger partial charge in [-0.15, -0.1) is 0 Å². The summed E-state index contributed by atoms with van der Waals surface area (Å²) in [7, 11) is 0. The largest absolute Gasteiger partial charge is 0.387 e. The summed E-state index contributed by atoms with van der Waals surface area (Å²) in [5.41, 5.74) is 9.80. The fraction of sp³-hybridized carbons (Fsp3) is 0.368. The Kier molecular flexibility index (Phi) is 10.2. The number of hydrogen-bond acceptors (Lipinski definition) is 2. The van der Waals surface area contributed by atoms with Crippen LogP contribution in [-0.4, -0.2) is 11.7 Å². The zero-order chi connectivity index (χ0) is 16.3. The Morgan fingerprint density at radius 1 is 0.952 bits per heavy atom. The van der Waals surface area contributed by atoms with Crippen molar-refractivity contribution < 1.29 is 5.11 Å². The van der Waals surface area contributed by atoms with Crippen molar-refractivity contribution in [3.63, 3.8) is 0 Å². The second-order valence-electron chi connectivity index (χ2n) is 4.21. The fourth-order valence-electron chi connectivity index (χ4n) is 1.99. The van der Waals surface area contributed by atoms with E-state index >= 15 is 0 Å². The summed E-state index contributed by atoms with van der Waals surface area (Å²) in [6.07, 6.45) is -0.605. The van der Waals surface area contributed by atoms with Gasteiger partial charge in [0.15, 0.2) is 0 Å². The van der Waals surface area contributed by atoms with Crippen LogP contribution in [0.1, 0.15) is 44.9 Å². The zero-order valence-electron chi connectivity index (χ0n) is 13.9. The fourth-order valence-corrected chi connectivity index (χ4v) is 1.99. The van der Waals surface area contributed by atoms with Gasteiger partial charge in [0.25, 0.3) is 0 Å². The lowest BCUT2D eigenvalue weighted by Crippen LogP contribution is -2.12. The third-order valence-electron chi connectivity index (χ3n) is 2.87. The molecule has 0 aliphatic heterocycles. The molecule has 0 spiro atoms. The number of aryl methyl sites for hydroxylation is 1. The maximum Gasteiger partial charge on any atom is 0.0918 e. The summed E-state index contributed by atoms with van der Waals surface area (Å²) in [4.78, 5) is 0. The lowest BCUT2D eigenvalue weighted by molar-refractivity contribution is 0.187. The van der Waals surface area contributed by atoms with Gasteiger partial charge in [-0.1, -0.05) is 81.8 Å². The maximum absolute atomic E-state index is 9.92. The minimum absolute atomic E-state index is 0.239. The van der Waals surface area contributed by atoms with E-state index in [0.29, 0.717) is 0 Å². The number of benzene rings is 2. The Hall–Kier alpha value is -1.64. The molecule has 2 nitrogen and oxygen atoms in total. The molecule has 2 heteroatoms. The van der Waals surface area contributed by atoms with Gasteiger partial charge in [0.2, 0.25) is 0 Å². The summed E-state index contributed by atoms with van der Waals surface area (Å²) in [5.74, 6) is 0. The first kappa shape index (κ1) is 19.4. The third kappa shape index (κ3) is 5.70. The minimum atomic E-state index is -0.605. The second-order valence-corrected chi connectivity index (χ2v) is 4.21. The molecule has 0 aliphatic carbocycles. The molecule has 2 aromatic rings. The van der Waals surface area contributed by atoms with Gasteiger partial charge in [-0.05, 0) is 23.6 Å². The van der Waals surface area contributed by atoms with Gasteiger partial charge >= 0.3 is 0 Å². The molecular formula is C19H29NO. The first-order valence-electron chi connectivity index (χ1n) is 7.76. The third-order valence-corrected chi connectivity index (χ3v) is 2.87. The summed E-state index contributed by atoms with van der Waals surface area (Å²) >= 11 is 0. The molecule has 0 aromatic heterocycles. The molecule has 21 heavy (non-hydrogen) atoms. The van der Waals surface area contributed by atoms with Gasteiger partial charge in [-0.3, -0.25) is 0 Å². The highest BCUT2D eigenvalue weighted by molar-refractivity contribution is 5.68. The minimum Gasteiger partial charge on any atom is -0.387 e. The molecule has 0 fully saturated rings. The first-order chi connectivity index (χ1) is 10.2. The van der Waals surface area contributed by atoms with Crippen molar-refractivity contribution in [2.75, 3.05) is 6.54 Å². The van der Waals surface area contributed by atoms with E-state index in [1.807, 2.05) is 58.0 Å². The molecule has 0 heterocycles. The molecule has 1 atom stereocenters. The monoisotopic (exact) mass is 287 g/mol. The zero-order valence-corrected chi connectivity index (χ0v) is 13.9. The van der Waals surface area contributed by atoms with Crippen LogP contribution in [0, 0.1) is 6.92 Å². The van der Waals surface area contributed by atoms with Crippen molar-refractivity contribution in [3.8, 4) is 11.1 Å². The normalized spacial score (nSPS) is 10.6. The van der Waals surface area contributed by atoms with E-state index in [0.717, 1.165) is 16.7 Å². The van der Waals surface area contributed by atoms with Crippen molar-refractivity contribution in [1.29, 1.82) is 0 Å². The van der Waals surface area contributed by atoms with Gasteiger partial charge in [0, 0.05) is 6.54 Å². The van der Waals surface area contributed by atoms with E-state index in [-0.39, 0.29) is 6.54 Å². The molecule has 0 aliphatic rings. The predicted octanol–water partition coefficient (Wildman–Crippen LogP) is 4.71. The summed E-state index contributed by atoms with van der Waals surface area (Å²) in [6, 6.07) is 16.1. The van der Waals surface area contributed by atoms with Crippen molar-refractivity contribution in [1.82, 2.24) is 0 Å². The topological polar surface area (TPSA) is 46.2 Å². The smallest absolute Gasteiger partial charge is 0.0918 e. The highest BCUT2D eigenvalue weighted by Crippen LogP contribution is 2.28. The highest BCUT2D eigenvalue weighted by Gasteiger charge is 2.11. The van der Waals surface area contributed by atoms with Crippen molar-refractivity contribution in [2.45, 2.75) is 40.7 Å². The Balaban J connectivity index is 0.000000921. The molecule has 0 saturated heterocycles. The summed E-state index contributed by atoms with van der Waals surface area (Å²) in [5, 5.41) is 9.92. The van der Waals surface area contributed by atoms with E-state index in [2.05, 4.69) is 25.1 Å². The first-order valence-corrected chi connectivity index (χ1v) is 7.76. The quantitative estimate of drug-likeness (QED) is 0.859. The number of aliphatic hydroxyl groups excluding tert-OH is 1. The van der Waals surface area contributed by atoms with Gasteiger partial charge in [-0.2, -0.15) is 0 Å². The van der Waals surface area contributed by atoms with Crippen molar-refractivity contribution in [3.05, 3.63) is 59.7 Å². The van der Waals surface area contributed by atoms with E-state index in [1.54, 1.807) is 0 Å². The standard InChI is InChI=1S/C15H17NO.2C2H6/c1-11-5-4-6-12(9-11)13-7-2-3-8-14(13)15(17)10-16;2*1-2/h2-9,15,17H,10,16H2,1H3;2*1-2H3. The van der Waals surface area contributed by atoms with Crippen LogP contribution >= 0.6 is 0 Å². The predicted molar refractivity (Wildman–Crippen MR) is 93.3 cm³/mol. The van der Waals surface area contributed by atoms with Gasteiger partial charge in [0.1, 0.15) is 0 Å². The van der Waals surface area contributed by atoms with Crippen molar-refractivity contribution in [2.24, 2.45) is 5.73 Å².